The molecule has 0 N–H and O–H groups in total. The topological polar surface area (TPSA) is 52.6 Å². The Morgan fingerprint density at radius 1 is 1.32 bits per heavy atom. The SMILES string of the molecule is C=CC(=O)N(C)Cc1ccc(N2CCN(CCC)CC2)nn1. The number of rotatable bonds is 6. The van der Waals surface area contributed by atoms with E-state index in [1.807, 2.05) is 12.1 Å². The fourth-order valence-corrected chi connectivity index (χ4v) is 2.60. The maximum Gasteiger partial charge on any atom is 0.246 e. The molecule has 1 amide bonds. The van der Waals surface area contributed by atoms with Crippen LogP contribution in [0.5, 0.6) is 0 Å². The third-order valence-electron chi connectivity index (χ3n) is 3.89. The number of nitrogens with zero attached hydrogens (tertiary/aromatic N) is 5. The number of likely N-dealkylation sites (N-methyl/N-ethyl adjacent to an activating group) is 1. The van der Waals surface area contributed by atoms with E-state index in [2.05, 4.69) is 33.5 Å². The van der Waals surface area contributed by atoms with E-state index in [1.165, 1.54) is 19.0 Å². The Labute approximate surface area is 132 Å². The van der Waals surface area contributed by atoms with Gasteiger partial charge in [0.15, 0.2) is 5.82 Å². The second-order valence-corrected chi connectivity index (χ2v) is 5.61. The third-order valence-corrected chi connectivity index (χ3v) is 3.89. The van der Waals surface area contributed by atoms with Crippen molar-refractivity contribution in [3.05, 3.63) is 30.5 Å². The number of hydrogen-bond acceptors (Lipinski definition) is 5. The lowest BCUT2D eigenvalue weighted by Crippen LogP contribution is -2.46. The summed E-state index contributed by atoms with van der Waals surface area (Å²) in [4.78, 5) is 17.8. The molecule has 1 aromatic rings. The standard InChI is InChI=1S/C16H25N5O/c1-4-8-20-9-11-21(12-10-20)15-7-6-14(17-18-15)13-19(3)16(22)5-2/h5-7H,2,4,8-13H2,1,3H3. The van der Waals surface area contributed by atoms with Crippen molar-refractivity contribution in [3.63, 3.8) is 0 Å². The van der Waals surface area contributed by atoms with Crippen LogP contribution < -0.4 is 4.90 Å². The molecule has 0 bridgehead atoms. The Morgan fingerprint density at radius 2 is 2.05 bits per heavy atom. The maximum absolute atomic E-state index is 11.5. The first-order valence-electron chi connectivity index (χ1n) is 7.81. The lowest BCUT2D eigenvalue weighted by Gasteiger charge is -2.35. The Kier molecular flexibility index (Phi) is 5.89. The molecule has 6 heteroatoms. The van der Waals surface area contributed by atoms with Crippen LogP contribution >= 0.6 is 0 Å². The first-order valence-corrected chi connectivity index (χ1v) is 7.81. The first kappa shape index (κ1) is 16.4. The van der Waals surface area contributed by atoms with Gasteiger partial charge in [-0.2, -0.15) is 5.10 Å². The van der Waals surface area contributed by atoms with Crippen molar-refractivity contribution in [2.45, 2.75) is 19.9 Å². The Morgan fingerprint density at radius 3 is 2.59 bits per heavy atom. The predicted molar refractivity (Wildman–Crippen MR) is 87.6 cm³/mol. The molecule has 0 aromatic carbocycles. The van der Waals surface area contributed by atoms with Crippen molar-refractivity contribution >= 4 is 11.7 Å². The van der Waals surface area contributed by atoms with Crippen molar-refractivity contribution < 1.29 is 4.79 Å². The van der Waals surface area contributed by atoms with Gasteiger partial charge in [0, 0.05) is 33.2 Å². The van der Waals surface area contributed by atoms with E-state index < -0.39 is 0 Å². The average Bonchev–Trinajstić information content (AvgIpc) is 2.56. The highest BCUT2D eigenvalue weighted by Gasteiger charge is 2.17. The summed E-state index contributed by atoms with van der Waals surface area (Å²) in [5.74, 6) is 0.801. The van der Waals surface area contributed by atoms with Crippen molar-refractivity contribution in [1.82, 2.24) is 20.0 Å². The number of carbonyl (C=O) groups is 1. The number of amides is 1. The Balaban J connectivity index is 1.89. The van der Waals surface area contributed by atoms with Gasteiger partial charge >= 0.3 is 0 Å². The average molecular weight is 303 g/mol. The number of carbonyl (C=O) groups excluding carboxylic acids is 1. The molecule has 1 saturated heterocycles. The van der Waals surface area contributed by atoms with E-state index in [1.54, 1.807) is 11.9 Å². The summed E-state index contributed by atoms with van der Waals surface area (Å²) in [5, 5.41) is 8.54. The monoisotopic (exact) mass is 303 g/mol. The van der Waals surface area contributed by atoms with Crippen LogP contribution in [0.15, 0.2) is 24.8 Å². The molecule has 0 atom stereocenters. The Hall–Kier alpha value is -1.95. The Bertz CT molecular complexity index is 494. The van der Waals surface area contributed by atoms with E-state index in [0.29, 0.717) is 6.54 Å². The molecule has 2 rings (SSSR count). The highest BCUT2D eigenvalue weighted by Crippen LogP contribution is 2.13. The lowest BCUT2D eigenvalue weighted by atomic mass is 10.3. The molecule has 1 aliphatic heterocycles. The molecule has 0 saturated carbocycles. The fourth-order valence-electron chi connectivity index (χ4n) is 2.60. The summed E-state index contributed by atoms with van der Waals surface area (Å²) in [6, 6.07) is 3.93. The van der Waals surface area contributed by atoms with Crippen LogP contribution in [0.1, 0.15) is 19.0 Å². The minimum atomic E-state index is -0.113. The van der Waals surface area contributed by atoms with Crippen LogP contribution in [0.25, 0.3) is 0 Å². The van der Waals surface area contributed by atoms with Crippen LogP contribution in [0.2, 0.25) is 0 Å². The molecule has 120 valence electrons. The van der Waals surface area contributed by atoms with Gasteiger partial charge < -0.3 is 9.80 Å². The molecule has 1 aromatic heterocycles. The van der Waals surface area contributed by atoms with Gasteiger partial charge in [0.05, 0.1) is 12.2 Å². The normalized spacial score (nSPS) is 15.6. The summed E-state index contributed by atoms with van der Waals surface area (Å²) in [6.07, 6.45) is 2.50. The van der Waals surface area contributed by atoms with Crippen LogP contribution in [-0.4, -0.2) is 65.7 Å². The second-order valence-electron chi connectivity index (χ2n) is 5.61. The summed E-state index contributed by atoms with van der Waals surface area (Å²) >= 11 is 0. The molecular weight excluding hydrogens is 278 g/mol. The largest absolute Gasteiger partial charge is 0.353 e. The highest BCUT2D eigenvalue weighted by atomic mass is 16.2. The molecule has 1 aliphatic rings. The van der Waals surface area contributed by atoms with Gasteiger partial charge in [0.1, 0.15) is 0 Å². The minimum absolute atomic E-state index is 0.113. The number of anilines is 1. The number of aromatic nitrogens is 2. The molecule has 0 spiro atoms. The molecule has 0 unspecified atom stereocenters. The predicted octanol–water partition coefficient (Wildman–Crippen LogP) is 1.15. The van der Waals surface area contributed by atoms with Gasteiger partial charge in [0.2, 0.25) is 5.91 Å². The van der Waals surface area contributed by atoms with E-state index in [-0.39, 0.29) is 5.91 Å². The zero-order chi connectivity index (χ0) is 15.9. The zero-order valence-corrected chi connectivity index (χ0v) is 13.5. The summed E-state index contributed by atoms with van der Waals surface area (Å²) in [6.45, 7) is 11.4. The van der Waals surface area contributed by atoms with Gasteiger partial charge in [-0.3, -0.25) is 9.69 Å². The molecule has 6 nitrogen and oxygen atoms in total. The van der Waals surface area contributed by atoms with Crippen LogP contribution in [0, 0.1) is 0 Å². The first-order chi connectivity index (χ1) is 10.6. The van der Waals surface area contributed by atoms with Crippen LogP contribution in [0.4, 0.5) is 5.82 Å². The maximum atomic E-state index is 11.5. The molecule has 22 heavy (non-hydrogen) atoms. The highest BCUT2D eigenvalue weighted by molar-refractivity contribution is 5.86. The zero-order valence-electron chi connectivity index (χ0n) is 13.5. The summed E-state index contributed by atoms with van der Waals surface area (Å²) < 4.78 is 0. The van der Waals surface area contributed by atoms with Crippen molar-refractivity contribution in [2.75, 3.05) is 44.7 Å². The molecule has 0 radical (unpaired) electrons. The van der Waals surface area contributed by atoms with Crippen molar-refractivity contribution in [1.29, 1.82) is 0 Å². The number of piperazine rings is 1. The smallest absolute Gasteiger partial charge is 0.246 e. The summed E-state index contributed by atoms with van der Waals surface area (Å²) in [7, 11) is 1.73. The molecular formula is C16H25N5O. The molecule has 1 fully saturated rings. The van der Waals surface area contributed by atoms with Crippen molar-refractivity contribution in [3.8, 4) is 0 Å². The van der Waals surface area contributed by atoms with Crippen molar-refractivity contribution in [2.24, 2.45) is 0 Å². The minimum Gasteiger partial charge on any atom is -0.353 e. The van der Waals surface area contributed by atoms with Gasteiger partial charge in [-0.15, -0.1) is 5.10 Å². The van der Waals surface area contributed by atoms with E-state index >= 15 is 0 Å². The van der Waals surface area contributed by atoms with Gasteiger partial charge in [-0.1, -0.05) is 13.5 Å². The van der Waals surface area contributed by atoms with E-state index in [4.69, 9.17) is 0 Å². The third kappa shape index (κ3) is 4.27. The van der Waals surface area contributed by atoms with E-state index in [0.717, 1.165) is 37.7 Å². The lowest BCUT2D eigenvalue weighted by molar-refractivity contribution is -0.125. The summed E-state index contributed by atoms with van der Waals surface area (Å²) in [5.41, 5.74) is 0.783. The van der Waals surface area contributed by atoms with Gasteiger partial charge in [0.25, 0.3) is 0 Å². The molecule has 0 aliphatic carbocycles. The van der Waals surface area contributed by atoms with E-state index in [9.17, 15) is 4.79 Å². The van der Waals surface area contributed by atoms with Crippen LogP contribution in [0.3, 0.4) is 0 Å². The molecule has 2 heterocycles. The quantitative estimate of drug-likeness (QED) is 0.738. The fraction of sp³-hybridized carbons (Fsp3) is 0.562. The van der Waals surface area contributed by atoms with Gasteiger partial charge in [-0.25, -0.2) is 0 Å². The van der Waals surface area contributed by atoms with Crippen LogP contribution in [-0.2, 0) is 11.3 Å². The second kappa shape index (κ2) is 7.89. The number of hydrogen-bond donors (Lipinski definition) is 0. The van der Waals surface area contributed by atoms with Gasteiger partial charge in [-0.05, 0) is 31.2 Å².